The minimum absolute atomic E-state index is 0.0120. The standard InChI is InChI=1S/C19H29N3O2/c1-4-20-19(24)13-21-18(23)11-10-16-12-14(2)22(15(16)3)17-8-6-5-7-9-17/h10-12,17H,4-9,13H2,1-3H3,(H,20,24)(H,21,23)/b11-10+. The molecule has 1 aliphatic rings. The second kappa shape index (κ2) is 8.71. The highest BCUT2D eigenvalue weighted by Gasteiger charge is 2.19. The largest absolute Gasteiger partial charge is 0.355 e. The van der Waals surface area contributed by atoms with Gasteiger partial charge < -0.3 is 15.2 Å². The first-order chi connectivity index (χ1) is 11.5. The molecule has 5 heteroatoms. The first-order valence-corrected chi connectivity index (χ1v) is 8.94. The third-order valence-corrected chi connectivity index (χ3v) is 4.67. The minimum Gasteiger partial charge on any atom is -0.355 e. The third-order valence-electron chi connectivity index (χ3n) is 4.67. The van der Waals surface area contributed by atoms with Crippen LogP contribution < -0.4 is 10.6 Å². The van der Waals surface area contributed by atoms with Crippen molar-refractivity contribution in [2.24, 2.45) is 0 Å². The van der Waals surface area contributed by atoms with E-state index in [1.54, 1.807) is 0 Å². The van der Waals surface area contributed by atoms with E-state index in [-0.39, 0.29) is 18.4 Å². The van der Waals surface area contributed by atoms with E-state index in [1.807, 2.05) is 13.0 Å². The number of hydrogen-bond donors (Lipinski definition) is 2. The second-order valence-corrected chi connectivity index (χ2v) is 6.49. The summed E-state index contributed by atoms with van der Waals surface area (Å²) in [7, 11) is 0. The molecule has 1 aromatic heterocycles. The van der Waals surface area contributed by atoms with Crippen molar-refractivity contribution < 1.29 is 9.59 Å². The predicted octanol–water partition coefficient (Wildman–Crippen LogP) is 2.88. The van der Waals surface area contributed by atoms with Crippen molar-refractivity contribution >= 4 is 17.9 Å². The summed E-state index contributed by atoms with van der Waals surface area (Å²) in [5.41, 5.74) is 3.54. The van der Waals surface area contributed by atoms with Gasteiger partial charge in [-0.2, -0.15) is 0 Å². The molecule has 0 aromatic carbocycles. The van der Waals surface area contributed by atoms with Gasteiger partial charge in [0.2, 0.25) is 11.8 Å². The topological polar surface area (TPSA) is 63.1 Å². The molecule has 0 unspecified atom stereocenters. The monoisotopic (exact) mass is 331 g/mol. The van der Waals surface area contributed by atoms with Crippen LogP contribution in [0.1, 0.15) is 62.0 Å². The molecule has 0 atom stereocenters. The predicted molar refractivity (Wildman–Crippen MR) is 96.8 cm³/mol. The van der Waals surface area contributed by atoms with E-state index < -0.39 is 0 Å². The molecule has 132 valence electrons. The Balaban J connectivity index is 1.99. The number of carbonyl (C=O) groups excluding carboxylic acids is 2. The average molecular weight is 331 g/mol. The summed E-state index contributed by atoms with van der Waals surface area (Å²) in [6.07, 6.45) is 9.78. The molecule has 0 radical (unpaired) electrons. The van der Waals surface area contributed by atoms with Gasteiger partial charge in [-0.3, -0.25) is 9.59 Å². The van der Waals surface area contributed by atoms with E-state index in [2.05, 4.69) is 35.1 Å². The molecular weight excluding hydrogens is 302 g/mol. The van der Waals surface area contributed by atoms with Crippen LogP contribution in [-0.4, -0.2) is 29.5 Å². The number of nitrogens with one attached hydrogen (secondary N) is 2. The van der Waals surface area contributed by atoms with Gasteiger partial charge >= 0.3 is 0 Å². The molecule has 0 aliphatic heterocycles. The van der Waals surface area contributed by atoms with E-state index in [1.165, 1.54) is 49.6 Å². The Morgan fingerprint density at radius 2 is 1.92 bits per heavy atom. The van der Waals surface area contributed by atoms with Crippen molar-refractivity contribution in [1.82, 2.24) is 15.2 Å². The molecule has 1 saturated carbocycles. The van der Waals surface area contributed by atoms with Gasteiger partial charge in [0.1, 0.15) is 0 Å². The van der Waals surface area contributed by atoms with Crippen LogP contribution in [0.2, 0.25) is 0 Å². The summed E-state index contributed by atoms with van der Waals surface area (Å²) < 4.78 is 2.42. The molecule has 1 aromatic rings. The van der Waals surface area contributed by atoms with Crippen LogP contribution in [0.15, 0.2) is 12.1 Å². The van der Waals surface area contributed by atoms with Crippen LogP contribution >= 0.6 is 0 Å². The van der Waals surface area contributed by atoms with Gasteiger partial charge in [0, 0.05) is 30.1 Å². The molecule has 2 N–H and O–H groups in total. The summed E-state index contributed by atoms with van der Waals surface area (Å²) in [5, 5.41) is 5.25. The summed E-state index contributed by atoms with van der Waals surface area (Å²) in [4.78, 5) is 23.2. The van der Waals surface area contributed by atoms with Crippen molar-refractivity contribution in [1.29, 1.82) is 0 Å². The normalized spacial score (nSPS) is 15.6. The maximum absolute atomic E-state index is 11.8. The number of hydrogen-bond acceptors (Lipinski definition) is 2. The second-order valence-electron chi connectivity index (χ2n) is 6.49. The number of carbonyl (C=O) groups is 2. The molecule has 1 fully saturated rings. The maximum atomic E-state index is 11.8. The molecule has 0 bridgehead atoms. The number of nitrogens with zero attached hydrogens (tertiary/aromatic N) is 1. The maximum Gasteiger partial charge on any atom is 0.244 e. The molecular formula is C19H29N3O2. The van der Waals surface area contributed by atoms with E-state index in [0.29, 0.717) is 12.6 Å². The molecule has 24 heavy (non-hydrogen) atoms. The summed E-state index contributed by atoms with van der Waals surface area (Å²) in [6.45, 7) is 6.68. The lowest BCUT2D eigenvalue weighted by atomic mass is 9.95. The van der Waals surface area contributed by atoms with Gasteiger partial charge in [0.15, 0.2) is 0 Å². The van der Waals surface area contributed by atoms with Gasteiger partial charge in [0.05, 0.1) is 6.54 Å². The Morgan fingerprint density at radius 1 is 1.21 bits per heavy atom. The first-order valence-electron chi connectivity index (χ1n) is 8.94. The van der Waals surface area contributed by atoms with Gasteiger partial charge in [-0.25, -0.2) is 0 Å². The summed E-state index contributed by atoms with van der Waals surface area (Å²) >= 11 is 0. The van der Waals surface area contributed by atoms with E-state index in [9.17, 15) is 9.59 Å². The fourth-order valence-corrected chi connectivity index (χ4v) is 3.52. The van der Waals surface area contributed by atoms with Crippen molar-refractivity contribution in [2.75, 3.05) is 13.1 Å². The number of aromatic nitrogens is 1. The zero-order valence-corrected chi connectivity index (χ0v) is 15.0. The lowest BCUT2D eigenvalue weighted by Gasteiger charge is -2.26. The van der Waals surface area contributed by atoms with Crippen LogP contribution in [0.4, 0.5) is 0 Å². The first kappa shape index (κ1) is 18.3. The highest BCUT2D eigenvalue weighted by molar-refractivity contribution is 5.94. The van der Waals surface area contributed by atoms with E-state index in [4.69, 9.17) is 0 Å². The van der Waals surface area contributed by atoms with Gasteiger partial charge in [-0.05, 0) is 51.3 Å². The Bertz CT molecular complexity index is 610. The Hall–Kier alpha value is -2.04. The Morgan fingerprint density at radius 3 is 2.58 bits per heavy atom. The van der Waals surface area contributed by atoms with Crippen LogP contribution in [0.25, 0.3) is 6.08 Å². The number of likely N-dealkylation sites (N-methyl/N-ethyl adjacent to an activating group) is 1. The number of rotatable bonds is 6. The fraction of sp³-hybridized carbons (Fsp3) is 0.579. The Labute approximate surface area is 144 Å². The number of aryl methyl sites for hydroxylation is 1. The van der Waals surface area contributed by atoms with Crippen molar-refractivity contribution in [3.05, 3.63) is 29.1 Å². The fourth-order valence-electron chi connectivity index (χ4n) is 3.52. The molecule has 0 spiro atoms. The molecule has 0 saturated heterocycles. The van der Waals surface area contributed by atoms with Gasteiger partial charge in [-0.15, -0.1) is 0 Å². The SMILES string of the molecule is CCNC(=O)CNC(=O)/C=C/c1cc(C)n(C2CCCCC2)c1C. The molecule has 1 aliphatic carbocycles. The molecule has 2 amide bonds. The number of amides is 2. The Kier molecular flexibility index (Phi) is 6.64. The smallest absolute Gasteiger partial charge is 0.244 e. The van der Waals surface area contributed by atoms with E-state index in [0.717, 1.165) is 5.56 Å². The quantitative estimate of drug-likeness (QED) is 0.787. The molecule has 5 nitrogen and oxygen atoms in total. The van der Waals surface area contributed by atoms with Crippen LogP contribution in [0.3, 0.4) is 0 Å². The summed E-state index contributed by atoms with van der Waals surface area (Å²) in [6, 6.07) is 2.73. The molecule has 1 heterocycles. The lowest BCUT2D eigenvalue weighted by molar-refractivity contribution is -0.123. The highest BCUT2D eigenvalue weighted by Crippen LogP contribution is 2.32. The van der Waals surface area contributed by atoms with E-state index >= 15 is 0 Å². The van der Waals surface area contributed by atoms with Crippen molar-refractivity contribution in [2.45, 2.75) is 58.9 Å². The van der Waals surface area contributed by atoms with Crippen molar-refractivity contribution in [3.8, 4) is 0 Å². The zero-order valence-electron chi connectivity index (χ0n) is 15.0. The van der Waals surface area contributed by atoms with Crippen LogP contribution in [-0.2, 0) is 9.59 Å². The average Bonchev–Trinajstić information content (AvgIpc) is 2.86. The highest BCUT2D eigenvalue weighted by atomic mass is 16.2. The van der Waals surface area contributed by atoms with Gasteiger partial charge in [-0.1, -0.05) is 19.3 Å². The van der Waals surface area contributed by atoms with Crippen LogP contribution in [0, 0.1) is 13.8 Å². The molecule has 2 rings (SSSR count). The van der Waals surface area contributed by atoms with Crippen LogP contribution in [0.5, 0.6) is 0 Å². The lowest BCUT2D eigenvalue weighted by Crippen LogP contribution is -2.35. The minimum atomic E-state index is -0.247. The van der Waals surface area contributed by atoms with Gasteiger partial charge in [0.25, 0.3) is 0 Å². The summed E-state index contributed by atoms with van der Waals surface area (Å²) in [5.74, 6) is -0.418. The zero-order chi connectivity index (χ0) is 17.5. The van der Waals surface area contributed by atoms with Crippen molar-refractivity contribution in [3.63, 3.8) is 0 Å². The third kappa shape index (κ3) is 4.73.